The van der Waals surface area contributed by atoms with E-state index in [1.165, 1.54) is 12.8 Å². The van der Waals surface area contributed by atoms with E-state index in [2.05, 4.69) is 40.1 Å². The molecule has 1 amide bonds. The van der Waals surface area contributed by atoms with Gasteiger partial charge in [-0.3, -0.25) is 4.79 Å². The fraction of sp³-hybridized carbons (Fsp3) is 0.615. The molecule has 1 aliphatic carbocycles. The van der Waals surface area contributed by atoms with Crippen molar-refractivity contribution < 1.29 is 4.79 Å². The van der Waals surface area contributed by atoms with Crippen molar-refractivity contribution >= 4 is 21.8 Å². The molecule has 1 aliphatic rings. The van der Waals surface area contributed by atoms with E-state index in [9.17, 15) is 4.79 Å². The van der Waals surface area contributed by atoms with Crippen molar-refractivity contribution in [2.75, 3.05) is 0 Å². The van der Waals surface area contributed by atoms with Crippen LogP contribution in [-0.2, 0) is 0 Å². The summed E-state index contributed by atoms with van der Waals surface area (Å²) in [5.41, 5.74) is 1.07. The molecule has 0 radical (unpaired) electrons. The van der Waals surface area contributed by atoms with Gasteiger partial charge in [0, 0.05) is 16.7 Å². The van der Waals surface area contributed by atoms with Gasteiger partial charge in [0.2, 0.25) is 0 Å². The highest BCUT2D eigenvalue weighted by Gasteiger charge is 2.27. The average Bonchev–Trinajstić information content (AvgIpc) is 2.68. The van der Waals surface area contributed by atoms with Gasteiger partial charge in [0.25, 0.3) is 5.91 Å². The van der Waals surface area contributed by atoms with Gasteiger partial charge in [-0.25, -0.2) is 0 Å². The van der Waals surface area contributed by atoms with E-state index in [1.54, 1.807) is 6.20 Å². The Morgan fingerprint density at radius 2 is 2.12 bits per heavy atom. The molecule has 0 atom stereocenters. The van der Waals surface area contributed by atoms with Crippen LogP contribution in [0.2, 0.25) is 0 Å². The topological polar surface area (TPSA) is 44.9 Å². The zero-order valence-corrected chi connectivity index (χ0v) is 11.9. The third-order valence-corrected chi connectivity index (χ3v) is 4.02. The van der Waals surface area contributed by atoms with Crippen LogP contribution in [0.5, 0.6) is 0 Å². The fourth-order valence-corrected chi connectivity index (χ4v) is 2.65. The molecule has 0 aromatic carbocycles. The van der Waals surface area contributed by atoms with Crippen LogP contribution in [0.15, 0.2) is 16.7 Å². The van der Waals surface area contributed by atoms with Crippen LogP contribution in [0.4, 0.5) is 0 Å². The second kappa shape index (κ2) is 4.84. The van der Waals surface area contributed by atoms with Crippen molar-refractivity contribution in [2.45, 2.75) is 45.6 Å². The summed E-state index contributed by atoms with van der Waals surface area (Å²) in [5, 5.41) is 3.10. The normalized spacial score (nSPS) is 20.2. The van der Waals surface area contributed by atoms with Gasteiger partial charge >= 0.3 is 0 Å². The summed E-state index contributed by atoms with van der Waals surface area (Å²) in [6, 6.07) is 2.14. The van der Waals surface area contributed by atoms with Crippen molar-refractivity contribution in [1.29, 1.82) is 0 Å². The molecular formula is C13H19BrN2O. The van der Waals surface area contributed by atoms with E-state index in [4.69, 9.17) is 0 Å². The van der Waals surface area contributed by atoms with Crippen LogP contribution in [0.25, 0.3) is 0 Å². The van der Waals surface area contributed by atoms with Crippen molar-refractivity contribution in [3.05, 3.63) is 22.4 Å². The molecule has 0 unspecified atom stereocenters. The van der Waals surface area contributed by atoms with Crippen molar-refractivity contribution in [1.82, 2.24) is 10.3 Å². The number of hydrogen-bond acceptors (Lipinski definition) is 1. The summed E-state index contributed by atoms with van der Waals surface area (Å²) < 4.78 is 0.910. The van der Waals surface area contributed by atoms with E-state index >= 15 is 0 Å². The molecule has 4 heteroatoms. The van der Waals surface area contributed by atoms with Gasteiger partial charge in [0.15, 0.2) is 0 Å². The summed E-state index contributed by atoms with van der Waals surface area (Å²) >= 11 is 3.33. The van der Waals surface area contributed by atoms with Crippen LogP contribution >= 0.6 is 15.9 Å². The van der Waals surface area contributed by atoms with Crippen LogP contribution < -0.4 is 5.32 Å². The number of amides is 1. The molecule has 0 bridgehead atoms. The molecular weight excluding hydrogens is 280 g/mol. The minimum atomic E-state index is 0.000376. The summed E-state index contributed by atoms with van der Waals surface area (Å²) in [6.07, 6.45) is 6.32. The molecule has 94 valence electrons. The standard InChI is InChI=1S/C13H19BrN2O/c1-13(2)5-3-10(4-6-13)16-12(17)11-7-9(14)8-15-11/h7-8,10,15H,3-6H2,1-2H3,(H,16,17). The zero-order chi connectivity index (χ0) is 12.5. The number of aromatic nitrogens is 1. The smallest absolute Gasteiger partial charge is 0.267 e. The maximum atomic E-state index is 11.9. The Kier molecular flexibility index (Phi) is 3.61. The average molecular weight is 299 g/mol. The van der Waals surface area contributed by atoms with Crippen LogP contribution in [0.3, 0.4) is 0 Å². The lowest BCUT2D eigenvalue weighted by molar-refractivity contribution is 0.0904. The Morgan fingerprint density at radius 3 is 2.65 bits per heavy atom. The van der Waals surface area contributed by atoms with E-state index in [-0.39, 0.29) is 5.91 Å². The number of aromatic amines is 1. The first-order valence-corrected chi connectivity index (χ1v) is 6.90. The van der Waals surface area contributed by atoms with Gasteiger partial charge in [-0.05, 0) is 53.1 Å². The van der Waals surface area contributed by atoms with E-state index in [0.717, 1.165) is 17.3 Å². The van der Waals surface area contributed by atoms with Gasteiger partial charge in [-0.1, -0.05) is 13.8 Å². The molecule has 3 nitrogen and oxygen atoms in total. The monoisotopic (exact) mass is 298 g/mol. The summed E-state index contributed by atoms with van der Waals surface area (Å²) in [4.78, 5) is 14.9. The molecule has 2 N–H and O–H groups in total. The maximum Gasteiger partial charge on any atom is 0.267 e. The largest absolute Gasteiger partial charge is 0.356 e. The third kappa shape index (κ3) is 3.35. The van der Waals surface area contributed by atoms with Crippen LogP contribution in [-0.4, -0.2) is 16.9 Å². The van der Waals surface area contributed by atoms with Crippen molar-refractivity contribution in [3.8, 4) is 0 Å². The molecule has 1 heterocycles. The molecule has 17 heavy (non-hydrogen) atoms. The minimum Gasteiger partial charge on any atom is -0.356 e. The molecule has 1 aromatic rings. The first kappa shape index (κ1) is 12.7. The first-order chi connectivity index (χ1) is 7.96. The summed E-state index contributed by atoms with van der Waals surface area (Å²) in [6.45, 7) is 4.60. The summed E-state index contributed by atoms with van der Waals surface area (Å²) in [7, 11) is 0. The molecule has 2 rings (SSSR count). The second-order valence-corrected chi connectivity index (χ2v) is 6.56. The highest BCUT2D eigenvalue weighted by atomic mass is 79.9. The fourth-order valence-electron chi connectivity index (χ4n) is 2.31. The molecule has 1 aromatic heterocycles. The Morgan fingerprint density at radius 1 is 1.47 bits per heavy atom. The lowest BCUT2D eigenvalue weighted by Gasteiger charge is -2.34. The maximum absolute atomic E-state index is 11.9. The Balaban J connectivity index is 1.88. The SMILES string of the molecule is CC1(C)CCC(NC(=O)c2cc(Br)c[nH]2)CC1. The molecule has 0 saturated heterocycles. The highest BCUT2D eigenvalue weighted by Crippen LogP contribution is 2.35. The predicted octanol–water partition coefficient (Wildman–Crippen LogP) is 3.48. The number of nitrogens with one attached hydrogen (secondary N) is 2. The molecule has 0 aliphatic heterocycles. The van der Waals surface area contributed by atoms with E-state index in [1.807, 2.05) is 6.07 Å². The molecule has 1 saturated carbocycles. The number of hydrogen-bond donors (Lipinski definition) is 2. The van der Waals surface area contributed by atoms with Crippen molar-refractivity contribution in [2.24, 2.45) is 5.41 Å². The second-order valence-electron chi connectivity index (χ2n) is 5.64. The van der Waals surface area contributed by atoms with Gasteiger partial charge in [-0.15, -0.1) is 0 Å². The van der Waals surface area contributed by atoms with Crippen molar-refractivity contribution in [3.63, 3.8) is 0 Å². The lowest BCUT2D eigenvalue weighted by Crippen LogP contribution is -2.39. The number of halogens is 1. The summed E-state index contributed by atoms with van der Waals surface area (Å²) in [5.74, 6) is 0.000376. The highest BCUT2D eigenvalue weighted by molar-refractivity contribution is 9.10. The van der Waals surface area contributed by atoms with Crippen LogP contribution in [0, 0.1) is 5.41 Å². The van der Waals surface area contributed by atoms with Gasteiger partial charge < -0.3 is 10.3 Å². The van der Waals surface area contributed by atoms with E-state index < -0.39 is 0 Å². The predicted molar refractivity (Wildman–Crippen MR) is 72.0 cm³/mol. The van der Waals surface area contributed by atoms with Gasteiger partial charge in [0.1, 0.15) is 5.69 Å². The van der Waals surface area contributed by atoms with E-state index in [0.29, 0.717) is 17.2 Å². The zero-order valence-electron chi connectivity index (χ0n) is 10.3. The van der Waals surface area contributed by atoms with Gasteiger partial charge in [0.05, 0.1) is 0 Å². The Bertz CT molecular complexity index is 401. The first-order valence-electron chi connectivity index (χ1n) is 6.11. The number of carbonyl (C=O) groups is 1. The number of H-pyrrole nitrogens is 1. The quantitative estimate of drug-likeness (QED) is 0.863. The number of carbonyl (C=O) groups excluding carboxylic acids is 1. The number of rotatable bonds is 2. The molecule has 0 spiro atoms. The van der Waals surface area contributed by atoms with Crippen LogP contribution in [0.1, 0.15) is 50.0 Å². The molecule has 1 fully saturated rings. The Hall–Kier alpha value is -0.770. The third-order valence-electron chi connectivity index (χ3n) is 3.57. The minimum absolute atomic E-state index is 0.000376. The van der Waals surface area contributed by atoms with Gasteiger partial charge in [-0.2, -0.15) is 0 Å². The Labute approximate surface area is 110 Å². The lowest BCUT2D eigenvalue weighted by atomic mass is 9.75.